The summed E-state index contributed by atoms with van der Waals surface area (Å²) in [5.41, 5.74) is 2.64. The maximum atomic E-state index is 11.1. The topological polar surface area (TPSA) is 86.5 Å². The average Bonchev–Trinajstić information content (AvgIpc) is 3.23. The molecule has 0 atom stereocenters. The third-order valence-corrected chi connectivity index (χ3v) is 4.34. The Balaban J connectivity index is 1.36. The summed E-state index contributed by atoms with van der Waals surface area (Å²) in [5.74, 6) is 2.85. The molecule has 0 aliphatic heterocycles. The van der Waals surface area contributed by atoms with Crippen molar-refractivity contribution in [2.45, 2.75) is 20.5 Å². The minimum Gasteiger partial charge on any atom is -0.484 e. The number of aromatic nitrogens is 2. The zero-order valence-electron chi connectivity index (χ0n) is 17.2. The SMILES string of the molecule is CC(=O)Nc1ccc(Oc2ccc(-c3noc(COc4cccc(C)c4)n3)cc2)cc1. The predicted molar refractivity (Wildman–Crippen MR) is 116 cm³/mol. The molecule has 0 aliphatic carbocycles. The van der Waals surface area contributed by atoms with E-state index in [2.05, 4.69) is 15.5 Å². The summed E-state index contributed by atoms with van der Waals surface area (Å²) in [6.45, 7) is 3.67. The number of rotatable bonds is 7. The third-order valence-electron chi connectivity index (χ3n) is 4.34. The van der Waals surface area contributed by atoms with Crippen molar-refractivity contribution in [1.82, 2.24) is 10.1 Å². The first-order valence-electron chi connectivity index (χ1n) is 9.73. The molecule has 0 spiro atoms. The van der Waals surface area contributed by atoms with Crippen molar-refractivity contribution in [3.05, 3.63) is 84.3 Å². The Labute approximate surface area is 179 Å². The monoisotopic (exact) mass is 415 g/mol. The minimum atomic E-state index is -0.115. The van der Waals surface area contributed by atoms with E-state index in [1.165, 1.54) is 6.92 Å². The van der Waals surface area contributed by atoms with Gasteiger partial charge in [0.25, 0.3) is 5.89 Å². The molecular weight excluding hydrogens is 394 g/mol. The Morgan fingerprint density at radius 3 is 2.35 bits per heavy atom. The number of hydrogen-bond acceptors (Lipinski definition) is 6. The van der Waals surface area contributed by atoms with E-state index in [9.17, 15) is 4.79 Å². The number of benzene rings is 3. The molecule has 0 saturated carbocycles. The van der Waals surface area contributed by atoms with E-state index >= 15 is 0 Å². The summed E-state index contributed by atoms with van der Waals surface area (Å²) in [4.78, 5) is 15.5. The summed E-state index contributed by atoms with van der Waals surface area (Å²) in [5, 5.41) is 6.74. The fourth-order valence-electron chi connectivity index (χ4n) is 2.90. The maximum absolute atomic E-state index is 11.1. The number of anilines is 1. The lowest BCUT2D eigenvalue weighted by Gasteiger charge is -2.07. The van der Waals surface area contributed by atoms with Gasteiger partial charge in [0.2, 0.25) is 11.7 Å². The number of aryl methyl sites for hydroxylation is 1. The van der Waals surface area contributed by atoms with Crippen LogP contribution in [0.2, 0.25) is 0 Å². The molecule has 1 N–H and O–H groups in total. The Bertz CT molecular complexity index is 1170. The standard InChI is InChI=1S/C24H21N3O4/c1-16-4-3-5-22(14-16)29-15-23-26-24(27-31-23)18-6-10-20(11-7-18)30-21-12-8-19(9-13-21)25-17(2)28/h3-14H,15H2,1-2H3,(H,25,28). The normalized spacial score (nSPS) is 10.5. The highest BCUT2D eigenvalue weighted by atomic mass is 16.5. The first-order valence-corrected chi connectivity index (χ1v) is 9.73. The lowest BCUT2D eigenvalue weighted by atomic mass is 10.2. The van der Waals surface area contributed by atoms with Crippen molar-refractivity contribution in [3.8, 4) is 28.6 Å². The number of amides is 1. The van der Waals surface area contributed by atoms with Gasteiger partial charge in [0, 0.05) is 18.2 Å². The molecule has 0 fully saturated rings. The molecule has 156 valence electrons. The van der Waals surface area contributed by atoms with Crippen LogP contribution >= 0.6 is 0 Å². The lowest BCUT2D eigenvalue weighted by molar-refractivity contribution is -0.114. The number of carbonyl (C=O) groups excluding carboxylic acids is 1. The second kappa shape index (κ2) is 9.13. The van der Waals surface area contributed by atoms with Gasteiger partial charge < -0.3 is 19.3 Å². The van der Waals surface area contributed by atoms with Crippen LogP contribution < -0.4 is 14.8 Å². The van der Waals surface area contributed by atoms with E-state index in [-0.39, 0.29) is 12.5 Å². The number of nitrogens with zero attached hydrogens (tertiary/aromatic N) is 2. The van der Waals surface area contributed by atoms with Crippen molar-refractivity contribution in [2.24, 2.45) is 0 Å². The van der Waals surface area contributed by atoms with Crippen molar-refractivity contribution in [3.63, 3.8) is 0 Å². The first-order chi connectivity index (χ1) is 15.0. The van der Waals surface area contributed by atoms with Gasteiger partial charge in [-0.1, -0.05) is 17.3 Å². The molecule has 0 radical (unpaired) electrons. The molecule has 7 nitrogen and oxygen atoms in total. The second-order valence-electron chi connectivity index (χ2n) is 6.95. The largest absolute Gasteiger partial charge is 0.484 e. The van der Waals surface area contributed by atoms with Crippen molar-refractivity contribution in [1.29, 1.82) is 0 Å². The van der Waals surface area contributed by atoms with Gasteiger partial charge in [-0.3, -0.25) is 4.79 Å². The Morgan fingerprint density at radius 2 is 1.68 bits per heavy atom. The maximum Gasteiger partial charge on any atom is 0.264 e. The predicted octanol–water partition coefficient (Wildman–Crippen LogP) is 5.37. The molecule has 0 saturated heterocycles. The van der Waals surface area contributed by atoms with Crippen molar-refractivity contribution in [2.75, 3.05) is 5.32 Å². The van der Waals surface area contributed by atoms with E-state index in [4.69, 9.17) is 14.0 Å². The molecule has 0 aliphatic rings. The second-order valence-corrected chi connectivity index (χ2v) is 6.95. The molecule has 31 heavy (non-hydrogen) atoms. The van der Waals surface area contributed by atoms with Gasteiger partial charge in [-0.15, -0.1) is 0 Å². The van der Waals surface area contributed by atoms with Gasteiger partial charge in [-0.05, 0) is 73.2 Å². The van der Waals surface area contributed by atoms with E-state index < -0.39 is 0 Å². The number of carbonyl (C=O) groups is 1. The zero-order chi connectivity index (χ0) is 21.6. The van der Waals surface area contributed by atoms with Crippen LogP contribution in [-0.2, 0) is 11.4 Å². The van der Waals surface area contributed by atoms with Gasteiger partial charge >= 0.3 is 0 Å². The van der Waals surface area contributed by atoms with Crippen LogP contribution in [0, 0.1) is 6.92 Å². The quantitative estimate of drug-likeness (QED) is 0.436. The Morgan fingerprint density at radius 1 is 0.968 bits per heavy atom. The molecular formula is C24H21N3O4. The highest BCUT2D eigenvalue weighted by molar-refractivity contribution is 5.88. The molecule has 0 bridgehead atoms. The summed E-state index contributed by atoms with van der Waals surface area (Å²) in [7, 11) is 0. The molecule has 4 rings (SSSR count). The lowest BCUT2D eigenvalue weighted by Crippen LogP contribution is -2.05. The first kappa shape index (κ1) is 20.2. The van der Waals surface area contributed by atoms with Gasteiger partial charge in [0.1, 0.15) is 17.2 Å². The molecule has 1 heterocycles. The van der Waals surface area contributed by atoms with E-state index in [1.54, 1.807) is 24.3 Å². The van der Waals surface area contributed by atoms with Crippen molar-refractivity contribution < 1.29 is 18.8 Å². The fourth-order valence-corrected chi connectivity index (χ4v) is 2.90. The minimum absolute atomic E-state index is 0.115. The summed E-state index contributed by atoms with van der Waals surface area (Å²) in [6, 6.07) is 22.3. The van der Waals surface area contributed by atoms with E-state index in [1.807, 2.05) is 55.5 Å². The van der Waals surface area contributed by atoms with Crippen LogP contribution in [0.5, 0.6) is 17.2 Å². The molecule has 1 amide bonds. The number of nitrogens with one attached hydrogen (secondary N) is 1. The highest BCUT2D eigenvalue weighted by Crippen LogP contribution is 2.26. The van der Waals surface area contributed by atoms with Gasteiger partial charge in [-0.2, -0.15) is 4.98 Å². The van der Waals surface area contributed by atoms with Crippen LogP contribution in [0.3, 0.4) is 0 Å². The molecule has 1 aromatic heterocycles. The summed E-state index contributed by atoms with van der Waals surface area (Å²) < 4.78 is 16.8. The van der Waals surface area contributed by atoms with Crippen LogP contribution in [0.1, 0.15) is 18.4 Å². The molecule has 3 aromatic carbocycles. The Kier molecular flexibility index (Phi) is 5.93. The molecule has 4 aromatic rings. The van der Waals surface area contributed by atoms with Crippen LogP contribution in [0.4, 0.5) is 5.69 Å². The van der Waals surface area contributed by atoms with Gasteiger partial charge in [0.15, 0.2) is 6.61 Å². The number of hydrogen-bond donors (Lipinski definition) is 1. The van der Waals surface area contributed by atoms with Crippen LogP contribution in [-0.4, -0.2) is 16.0 Å². The zero-order valence-corrected chi connectivity index (χ0v) is 17.2. The Hall–Kier alpha value is -4.13. The molecule has 0 unspecified atom stereocenters. The van der Waals surface area contributed by atoms with Crippen molar-refractivity contribution >= 4 is 11.6 Å². The number of ether oxygens (including phenoxy) is 2. The van der Waals surface area contributed by atoms with Crippen LogP contribution in [0.25, 0.3) is 11.4 Å². The van der Waals surface area contributed by atoms with E-state index in [0.29, 0.717) is 23.2 Å². The summed E-state index contributed by atoms with van der Waals surface area (Å²) >= 11 is 0. The van der Waals surface area contributed by atoms with Gasteiger partial charge in [0.05, 0.1) is 0 Å². The van der Waals surface area contributed by atoms with E-state index in [0.717, 1.165) is 22.6 Å². The molecule has 7 heteroatoms. The van der Waals surface area contributed by atoms with Gasteiger partial charge in [-0.25, -0.2) is 0 Å². The smallest absolute Gasteiger partial charge is 0.264 e. The summed E-state index contributed by atoms with van der Waals surface area (Å²) in [6.07, 6.45) is 0. The average molecular weight is 415 g/mol. The highest BCUT2D eigenvalue weighted by Gasteiger charge is 2.10. The fraction of sp³-hybridized carbons (Fsp3) is 0.125. The van der Waals surface area contributed by atoms with Crippen LogP contribution in [0.15, 0.2) is 77.3 Å². The third kappa shape index (κ3) is 5.48.